The molecule has 0 aliphatic carbocycles. The highest BCUT2D eigenvalue weighted by atomic mass is 32.1. The molecule has 3 aromatic rings. The van der Waals surface area contributed by atoms with E-state index in [1.165, 1.54) is 15.6 Å². The van der Waals surface area contributed by atoms with E-state index in [1.807, 2.05) is 24.3 Å². The van der Waals surface area contributed by atoms with Crippen molar-refractivity contribution in [2.24, 2.45) is 0 Å². The van der Waals surface area contributed by atoms with E-state index in [2.05, 4.69) is 24.3 Å². The number of hydrogen-bond acceptors (Lipinski definition) is 3. The fraction of sp³-hybridized carbons (Fsp3) is 0.176. The maximum Gasteiger partial charge on any atom is 0.128 e. The molecule has 0 amide bonds. The lowest BCUT2D eigenvalue weighted by Gasteiger charge is -2.13. The summed E-state index contributed by atoms with van der Waals surface area (Å²) in [4.78, 5) is 0.968. The van der Waals surface area contributed by atoms with E-state index in [9.17, 15) is 5.11 Å². The van der Waals surface area contributed by atoms with Crippen molar-refractivity contribution in [3.8, 4) is 5.75 Å². The van der Waals surface area contributed by atoms with Gasteiger partial charge in [0.25, 0.3) is 0 Å². The number of rotatable bonds is 2. The van der Waals surface area contributed by atoms with Crippen LogP contribution < -0.4 is 4.74 Å². The van der Waals surface area contributed by atoms with E-state index in [0.717, 1.165) is 22.6 Å². The van der Waals surface area contributed by atoms with Gasteiger partial charge in [-0.3, -0.25) is 0 Å². The Morgan fingerprint density at radius 1 is 1.10 bits per heavy atom. The number of aliphatic hydroxyl groups excluding tert-OH is 1. The molecule has 2 heterocycles. The van der Waals surface area contributed by atoms with Crippen molar-refractivity contribution >= 4 is 21.4 Å². The van der Waals surface area contributed by atoms with Gasteiger partial charge in [-0.25, -0.2) is 0 Å². The molecule has 0 spiro atoms. The molecule has 1 aliphatic rings. The zero-order valence-electron chi connectivity index (χ0n) is 10.9. The molecule has 100 valence electrons. The number of thiophene rings is 1. The Morgan fingerprint density at radius 3 is 2.90 bits per heavy atom. The second-order valence-corrected chi connectivity index (χ2v) is 6.14. The second-order valence-electron chi connectivity index (χ2n) is 5.02. The molecule has 4 rings (SSSR count). The normalized spacial score (nSPS) is 15.1. The van der Waals surface area contributed by atoms with Crippen LogP contribution in [0.5, 0.6) is 5.75 Å². The molecule has 2 aromatic carbocycles. The van der Waals surface area contributed by atoms with Gasteiger partial charge in [-0.15, -0.1) is 11.3 Å². The van der Waals surface area contributed by atoms with Crippen molar-refractivity contribution in [2.45, 2.75) is 12.5 Å². The summed E-state index contributed by atoms with van der Waals surface area (Å²) in [5.41, 5.74) is 2.08. The Balaban J connectivity index is 1.80. The smallest absolute Gasteiger partial charge is 0.128 e. The Bertz CT molecular complexity index is 743. The minimum Gasteiger partial charge on any atom is -0.493 e. The highest BCUT2D eigenvalue weighted by molar-refractivity contribution is 7.19. The Labute approximate surface area is 121 Å². The van der Waals surface area contributed by atoms with Crippen LogP contribution in [0.4, 0.5) is 0 Å². The Hall–Kier alpha value is -1.84. The van der Waals surface area contributed by atoms with Gasteiger partial charge in [0.2, 0.25) is 0 Å². The standard InChI is InChI=1S/C17H14O2S/c18-16(13-6-3-5-11-8-9-19-17(11)13)15-10-12-4-1-2-7-14(12)20-15/h1-7,10,16,18H,8-9H2. The molecule has 0 saturated heterocycles. The maximum atomic E-state index is 10.7. The summed E-state index contributed by atoms with van der Waals surface area (Å²) in [6, 6.07) is 16.3. The number of benzene rings is 2. The molecular weight excluding hydrogens is 268 g/mol. The molecule has 0 bridgehead atoms. The number of ether oxygens (including phenoxy) is 1. The van der Waals surface area contributed by atoms with Crippen LogP contribution >= 0.6 is 11.3 Å². The molecule has 2 nitrogen and oxygen atoms in total. The highest BCUT2D eigenvalue weighted by Gasteiger charge is 2.22. The Kier molecular flexibility index (Phi) is 2.76. The SMILES string of the molecule is OC(c1cc2ccccc2s1)c1cccc2c1OCC2. The highest BCUT2D eigenvalue weighted by Crippen LogP contribution is 2.39. The van der Waals surface area contributed by atoms with Crippen LogP contribution in [0.3, 0.4) is 0 Å². The van der Waals surface area contributed by atoms with Crippen LogP contribution in [0, 0.1) is 0 Å². The van der Waals surface area contributed by atoms with Crippen molar-refractivity contribution in [3.05, 3.63) is 64.5 Å². The first-order valence-corrected chi connectivity index (χ1v) is 7.56. The second kappa shape index (κ2) is 4.62. The predicted molar refractivity (Wildman–Crippen MR) is 81.5 cm³/mol. The molecule has 0 fully saturated rings. The number of hydrogen-bond donors (Lipinski definition) is 1. The van der Waals surface area contributed by atoms with Gasteiger partial charge in [0.1, 0.15) is 11.9 Å². The van der Waals surface area contributed by atoms with Gasteiger partial charge < -0.3 is 9.84 Å². The summed E-state index contributed by atoms with van der Waals surface area (Å²) in [5, 5.41) is 11.9. The van der Waals surface area contributed by atoms with Crippen molar-refractivity contribution in [1.29, 1.82) is 0 Å². The average Bonchev–Trinajstić information content (AvgIpc) is 3.12. The molecule has 1 aliphatic heterocycles. The summed E-state index contributed by atoms with van der Waals surface area (Å²) >= 11 is 1.64. The summed E-state index contributed by atoms with van der Waals surface area (Å²) in [6.45, 7) is 0.714. The van der Waals surface area contributed by atoms with E-state index < -0.39 is 6.10 Å². The van der Waals surface area contributed by atoms with Gasteiger partial charge in [-0.05, 0) is 23.1 Å². The van der Waals surface area contributed by atoms with Crippen LogP contribution in [0.1, 0.15) is 22.1 Å². The van der Waals surface area contributed by atoms with Crippen LogP contribution in [0.2, 0.25) is 0 Å². The van der Waals surface area contributed by atoms with E-state index in [4.69, 9.17) is 4.74 Å². The third kappa shape index (κ3) is 1.82. The molecular formula is C17H14O2S. The third-order valence-corrected chi connectivity index (χ3v) is 4.92. The van der Waals surface area contributed by atoms with E-state index >= 15 is 0 Å². The monoisotopic (exact) mass is 282 g/mol. The fourth-order valence-electron chi connectivity index (χ4n) is 2.75. The molecule has 1 aromatic heterocycles. The summed E-state index contributed by atoms with van der Waals surface area (Å²) < 4.78 is 6.89. The minimum atomic E-state index is -0.611. The van der Waals surface area contributed by atoms with Gasteiger partial charge in [-0.1, -0.05) is 36.4 Å². The van der Waals surface area contributed by atoms with E-state index in [0.29, 0.717) is 6.61 Å². The topological polar surface area (TPSA) is 29.5 Å². The van der Waals surface area contributed by atoms with Crippen molar-refractivity contribution in [2.75, 3.05) is 6.61 Å². The Morgan fingerprint density at radius 2 is 2.00 bits per heavy atom. The predicted octanol–water partition coefficient (Wildman–Crippen LogP) is 3.92. The number of fused-ring (bicyclic) bond motifs is 2. The van der Waals surface area contributed by atoms with Gasteiger partial charge >= 0.3 is 0 Å². The van der Waals surface area contributed by atoms with Gasteiger partial charge in [0.15, 0.2) is 0 Å². The summed E-state index contributed by atoms with van der Waals surface area (Å²) in [5.74, 6) is 0.873. The fourth-order valence-corrected chi connectivity index (χ4v) is 3.82. The average molecular weight is 282 g/mol. The lowest BCUT2D eigenvalue weighted by atomic mass is 10.0. The van der Waals surface area contributed by atoms with Gasteiger partial charge in [-0.2, -0.15) is 0 Å². The quantitative estimate of drug-likeness (QED) is 0.772. The van der Waals surface area contributed by atoms with Crippen molar-refractivity contribution < 1.29 is 9.84 Å². The lowest BCUT2D eigenvalue weighted by Crippen LogP contribution is -2.00. The minimum absolute atomic E-state index is 0.611. The molecule has 0 radical (unpaired) electrons. The molecule has 1 atom stereocenters. The molecule has 0 saturated carbocycles. The third-order valence-electron chi connectivity index (χ3n) is 3.75. The van der Waals surface area contributed by atoms with Crippen LogP contribution in [-0.2, 0) is 6.42 Å². The summed E-state index contributed by atoms with van der Waals surface area (Å²) in [6.07, 6.45) is 0.322. The number of aliphatic hydroxyl groups is 1. The van der Waals surface area contributed by atoms with Gasteiger partial charge in [0, 0.05) is 21.6 Å². The van der Waals surface area contributed by atoms with Crippen LogP contribution in [0.15, 0.2) is 48.5 Å². The first-order chi connectivity index (χ1) is 9.83. The van der Waals surface area contributed by atoms with E-state index in [1.54, 1.807) is 11.3 Å². The lowest BCUT2D eigenvalue weighted by molar-refractivity contribution is 0.217. The van der Waals surface area contributed by atoms with Gasteiger partial charge in [0.05, 0.1) is 6.61 Å². The first kappa shape index (κ1) is 11.9. The van der Waals surface area contributed by atoms with Crippen LogP contribution in [-0.4, -0.2) is 11.7 Å². The zero-order chi connectivity index (χ0) is 13.5. The molecule has 20 heavy (non-hydrogen) atoms. The van der Waals surface area contributed by atoms with Crippen molar-refractivity contribution in [3.63, 3.8) is 0 Å². The maximum absolute atomic E-state index is 10.7. The molecule has 1 N–H and O–H groups in total. The largest absolute Gasteiger partial charge is 0.493 e. The van der Waals surface area contributed by atoms with E-state index in [-0.39, 0.29) is 0 Å². The summed E-state index contributed by atoms with van der Waals surface area (Å²) in [7, 11) is 0. The number of para-hydroxylation sites is 1. The zero-order valence-corrected chi connectivity index (χ0v) is 11.7. The molecule has 1 unspecified atom stereocenters. The van der Waals surface area contributed by atoms with Crippen LogP contribution in [0.25, 0.3) is 10.1 Å². The van der Waals surface area contributed by atoms with Crippen molar-refractivity contribution in [1.82, 2.24) is 0 Å². The molecule has 3 heteroatoms. The first-order valence-electron chi connectivity index (χ1n) is 6.74.